The van der Waals surface area contributed by atoms with Crippen LogP contribution in [0.3, 0.4) is 0 Å². The van der Waals surface area contributed by atoms with E-state index in [2.05, 4.69) is 15.0 Å². The van der Waals surface area contributed by atoms with Crippen molar-refractivity contribution in [2.24, 2.45) is 0 Å². The molecule has 1 aromatic rings. The zero-order valence-electron chi connectivity index (χ0n) is 12.9. The van der Waals surface area contributed by atoms with Crippen LogP contribution in [0, 0.1) is 0 Å². The van der Waals surface area contributed by atoms with Gasteiger partial charge in [0.15, 0.2) is 0 Å². The summed E-state index contributed by atoms with van der Waals surface area (Å²) in [4.78, 5) is 11.9. The summed E-state index contributed by atoms with van der Waals surface area (Å²) in [6, 6.07) is 5.81. The molecule has 0 amide bonds. The van der Waals surface area contributed by atoms with E-state index in [0.717, 1.165) is 31.9 Å². The van der Waals surface area contributed by atoms with E-state index >= 15 is 0 Å². The van der Waals surface area contributed by atoms with Crippen LogP contribution in [-0.2, 0) is 9.53 Å². The maximum Gasteiger partial charge on any atom is 0.293 e. The van der Waals surface area contributed by atoms with Crippen molar-refractivity contribution in [1.82, 2.24) is 5.32 Å². The molecule has 1 fully saturated rings. The summed E-state index contributed by atoms with van der Waals surface area (Å²) in [6.45, 7) is 10.0. The molecule has 2 rings (SSSR count). The number of nitrogens with one attached hydrogen (secondary N) is 1. The molecular formula is C15H24ClN3O2. The average Bonchev–Trinajstić information content (AvgIpc) is 2.42. The lowest BCUT2D eigenvalue weighted by molar-refractivity contribution is -0.138. The minimum absolute atomic E-state index is 0.318. The number of nitrogen functional groups attached to an aromatic ring is 1. The van der Waals surface area contributed by atoms with Crippen molar-refractivity contribution < 1.29 is 9.53 Å². The summed E-state index contributed by atoms with van der Waals surface area (Å²) in [7, 11) is 0. The Labute approximate surface area is 131 Å². The Bertz CT molecular complexity index is 455. The van der Waals surface area contributed by atoms with Crippen LogP contribution in [0.5, 0.6) is 0 Å². The molecule has 0 unspecified atom stereocenters. The zero-order chi connectivity index (χ0) is 15.9. The molecule has 21 heavy (non-hydrogen) atoms. The fourth-order valence-corrected chi connectivity index (χ4v) is 1.95. The molecule has 0 bridgehead atoms. The second kappa shape index (κ2) is 8.10. The topological polar surface area (TPSA) is 67.6 Å². The van der Waals surface area contributed by atoms with Crippen LogP contribution in [0.4, 0.5) is 11.4 Å². The number of nitrogens with zero attached hydrogens (tertiary/aromatic N) is 1. The lowest BCUT2D eigenvalue weighted by Gasteiger charge is -2.29. The summed E-state index contributed by atoms with van der Waals surface area (Å²) in [5.74, 6) is 0. The van der Waals surface area contributed by atoms with Gasteiger partial charge in [-0.25, -0.2) is 0 Å². The van der Waals surface area contributed by atoms with Gasteiger partial charge in [-0.05, 0) is 39.0 Å². The highest BCUT2D eigenvalue weighted by Gasteiger charge is 2.11. The van der Waals surface area contributed by atoms with Crippen molar-refractivity contribution in [3.63, 3.8) is 0 Å². The largest absolute Gasteiger partial charge is 0.462 e. The number of ether oxygens (including phenoxy) is 1. The summed E-state index contributed by atoms with van der Waals surface area (Å²) >= 11 is 5.97. The number of rotatable bonds is 2. The molecule has 1 saturated heterocycles. The summed E-state index contributed by atoms with van der Waals surface area (Å²) in [5, 5.41) is 3.95. The molecule has 1 heterocycles. The van der Waals surface area contributed by atoms with Crippen molar-refractivity contribution >= 4 is 29.4 Å². The maximum absolute atomic E-state index is 9.60. The minimum atomic E-state index is -0.318. The Morgan fingerprint density at radius 1 is 1.33 bits per heavy atom. The minimum Gasteiger partial charge on any atom is -0.462 e. The van der Waals surface area contributed by atoms with Gasteiger partial charge in [0.05, 0.1) is 10.7 Å². The van der Waals surface area contributed by atoms with E-state index in [1.54, 1.807) is 0 Å². The van der Waals surface area contributed by atoms with Gasteiger partial charge in [0.2, 0.25) is 0 Å². The molecule has 0 aliphatic carbocycles. The van der Waals surface area contributed by atoms with Crippen molar-refractivity contribution in [1.29, 1.82) is 0 Å². The Balaban J connectivity index is 0.000000270. The molecule has 5 nitrogen and oxygen atoms in total. The van der Waals surface area contributed by atoms with Gasteiger partial charge in [-0.3, -0.25) is 4.79 Å². The SMILES string of the molecule is CC(C)(C)OC=O.Nc1ccc(N2CCNCC2)cc1Cl. The van der Waals surface area contributed by atoms with Crippen LogP contribution in [0.2, 0.25) is 5.02 Å². The van der Waals surface area contributed by atoms with E-state index in [1.165, 1.54) is 0 Å². The van der Waals surface area contributed by atoms with Crippen LogP contribution in [0.1, 0.15) is 20.8 Å². The fraction of sp³-hybridized carbons (Fsp3) is 0.533. The molecule has 0 atom stereocenters. The van der Waals surface area contributed by atoms with E-state index in [4.69, 9.17) is 17.3 Å². The zero-order valence-corrected chi connectivity index (χ0v) is 13.6. The third-order valence-electron chi connectivity index (χ3n) is 2.87. The lowest BCUT2D eigenvalue weighted by Crippen LogP contribution is -2.43. The molecule has 0 spiro atoms. The second-order valence-electron chi connectivity index (χ2n) is 5.77. The molecule has 1 aromatic carbocycles. The number of nitrogens with two attached hydrogens (primary N) is 1. The van der Waals surface area contributed by atoms with Crippen molar-refractivity contribution in [3.05, 3.63) is 23.2 Å². The van der Waals surface area contributed by atoms with E-state index < -0.39 is 0 Å². The number of hydrogen-bond donors (Lipinski definition) is 2. The number of carbonyl (C=O) groups excluding carboxylic acids is 1. The van der Waals surface area contributed by atoms with E-state index in [1.807, 2.05) is 39.0 Å². The van der Waals surface area contributed by atoms with Gasteiger partial charge in [-0.15, -0.1) is 0 Å². The van der Waals surface area contributed by atoms with Crippen LogP contribution >= 0.6 is 11.6 Å². The Morgan fingerprint density at radius 2 is 1.95 bits per heavy atom. The smallest absolute Gasteiger partial charge is 0.293 e. The summed E-state index contributed by atoms with van der Waals surface area (Å²) < 4.78 is 4.55. The van der Waals surface area contributed by atoms with Gasteiger partial charge < -0.3 is 20.7 Å². The normalized spacial score (nSPS) is 15.0. The van der Waals surface area contributed by atoms with Gasteiger partial charge in [-0.1, -0.05) is 11.6 Å². The van der Waals surface area contributed by atoms with Gasteiger partial charge in [0.1, 0.15) is 5.60 Å². The van der Waals surface area contributed by atoms with Crippen LogP contribution < -0.4 is 16.0 Å². The number of benzene rings is 1. The lowest BCUT2D eigenvalue weighted by atomic mass is 10.2. The van der Waals surface area contributed by atoms with Crippen molar-refractivity contribution in [2.75, 3.05) is 36.8 Å². The van der Waals surface area contributed by atoms with Crippen molar-refractivity contribution in [3.8, 4) is 0 Å². The van der Waals surface area contributed by atoms with E-state index in [9.17, 15) is 4.79 Å². The molecule has 0 saturated carbocycles. The van der Waals surface area contributed by atoms with Gasteiger partial charge in [-0.2, -0.15) is 0 Å². The Hall–Kier alpha value is -1.46. The van der Waals surface area contributed by atoms with Gasteiger partial charge in [0, 0.05) is 31.9 Å². The Kier molecular flexibility index (Phi) is 6.78. The third kappa shape index (κ3) is 6.69. The van der Waals surface area contributed by atoms with Gasteiger partial charge >= 0.3 is 0 Å². The molecule has 0 radical (unpaired) electrons. The van der Waals surface area contributed by atoms with E-state index in [0.29, 0.717) is 17.2 Å². The number of carbonyl (C=O) groups is 1. The molecule has 1 aliphatic rings. The first-order valence-electron chi connectivity index (χ1n) is 6.95. The monoisotopic (exact) mass is 313 g/mol. The first-order chi connectivity index (χ1) is 9.83. The molecule has 118 valence electrons. The van der Waals surface area contributed by atoms with Gasteiger partial charge in [0.25, 0.3) is 6.47 Å². The van der Waals surface area contributed by atoms with Crippen molar-refractivity contribution in [2.45, 2.75) is 26.4 Å². The highest BCUT2D eigenvalue weighted by Crippen LogP contribution is 2.25. The molecule has 0 aromatic heterocycles. The average molecular weight is 314 g/mol. The Morgan fingerprint density at radius 3 is 2.38 bits per heavy atom. The quantitative estimate of drug-likeness (QED) is 0.648. The number of anilines is 2. The predicted molar refractivity (Wildman–Crippen MR) is 87.8 cm³/mol. The summed E-state index contributed by atoms with van der Waals surface area (Å²) in [6.07, 6.45) is 0. The molecule has 1 aliphatic heterocycles. The first kappa shape index (κ1) is 17.6. The highest BCUT2D eigenvalue weighted by molar-refractivity contribution is 6.33. The number of piperazine rings is 1. The molecule has 3 N–H and O–H groups in total. The third-order valence-corrected chi connectivity index (χ3v) is 3.20. The number of hydrogen-bond acceptors (Lipinski definition) is 5. The molecule has 6 heteroatoms. The second-order valence-corrected chi connectivity index (χ2v) is 6.18. The van der Waals surface area contributed by atoms with Crippen LogP contribution in [-0.4, -0.2) is 38.3 Å². The number of halogens is 1. The fourth-order valence-electron chi connectivity index (χ4n) is 1.78. The molecular weight excluding hydrogens is 290 g/mol. The summed E-state index contributed by atoms with van der Waals surface area (Å²) in [5.41, 5.74) is 7.14. The maximum atomic E-state index is 9.60. The standard InChI is InChI=1S/C10H14ClN3.C5H10O2/c11-9-7-8(1-2-10(9)12)14-5-3-13-4-6-14;1-5(2,3)7-4-6/h1-2,7,13H,3-6,12H2;4H,1-3H3. The van der Waals surface area contributed by atoms with Crippen LogP contribution in [0.15, 0.2) is 18.2 Å². The first-order valence-corrected chi connectivity index (χ1v) is 7.33. The van der Waals surface area contributed by atoms with E-state index in [-0.39, 0.29) is 5.60 Å². The van der Waals surface area contributed by atoms with Crippen LogP contribution in [0.25, 0.3) is 0 Å². The highest BCUT2D eigenvalue weighted by atomic mass is 35.5. The predicted octanol–water partition coefficient (Wildman–Crippen LogP) is 2.29.